The fourth-order valence-corrected chi connectivity index (χ4v) is 4.55. The average molecular weight is 231 g/mol. The molecule has 0 saturated heterocycles. The van der Waals surface area contributed by atoms with E-state index in [4.69, 9.17) is 14.0 Å². The van der Waals surface area contributed by atoms with E-state index in [2.05, 4.69) is 18.7 Å². The molecule has 12 heavy (non-hydrogen) atoms. The molecule has 0 aliphatic heterocycles. The molecule has 1 atom stereocenters. The molecular weight excluding hydrogens is 215 g/mol. The molecular formula is C6H16O3PS2+. The largest absolute Gasteiger partial charge is 0.428 e. The summed E-state index contributed by atoms with van der Waals surface area (Å²) in [6.07, 6.45) is 1.99. The summed E-state index contributed by atoms with van der Waals surface area (Å²) in [6, 6.07) is 0. The van der Waals surface area contributed by atoms with Gasteiger partial charge in [0.05, 0.1) is 0 Å². The molecule has 74 valence electrons. The fourth-order valence-electron chi connectivity index (χ4n) is 0.620. The molecule has 0 radical (unpaired) electrons. The van der Waals surface area contributed by atoms with E-state index in [9.17, 15) is 0 Å². The van der Waals surface area contributed by atoms with E-state index in [0.717, 1.165) is 12.8 Å². The van der Waals surface area contributed by atoms with Gasteiger partial charge in [0.15, 0.2) is 0 Å². The van der Waals surface area contributed by atoms with E-state index >= 15 is 0 Å². The molecule has 0 aliphatic carbocycles. The van der Waals surface area contributed by atoms with Crippen molar-refractivity contribution in [1.29, 1.82) is 0 Å². The van der Waals surface area contributed by atoms with Crippen LogP contribution in [0.3, 0.4) is 0 Å². The third-order valence-corrected chi connectivity index (χ3v) is 6.87. The first-order chi connectivity index (χ1) is 5.52. The second-order valence-corrected chi connectivity index (χ2v) is 9.68. The lowest BCUT2D eigenvalue weighted by molar-refractivity contribution is 0.352. The molecule has 0 aromatic heterocycles. The van der Waals surface area contributed by atoms with Gasteiger partial charge in [-0.1, -0.05) is 13.3 Å². The fraction of sp³-hybridized carbons (Fsp3) is 1.00. The van der Waals surface area contributed by atoms with E-state index < -0.39 is 16.5 Å². The van der Waals surface area contributed by atoms with Crippen LogP contribution in [0.5, 0.6) is 0 Å². The molecule has 0 aliphatic rings. The van der Waals surface area contributed by atoms with E-state index in [1.807, 2.05) is 6.92 Å². The first kappa shape index (κ1) is 12.9. The van der Waals surface area contributed by atoms with Gasteiger partial charge >= 0.3 is 5.69 Å². The van der Waals surface area contributed by atoms with Crippen molar-refractivity contribution >= 4 is 28.3 Å². The summed E-state index contributed by atoms with van der Waals surface area (Å²) >= 11 is 4.56. The van der Waals surface area contributed by atoms with Gasteiger partial charge in [0.25, 0.3) is 0 Å². The second-order valence-electron chi connectivity index (χ2n) is 2.28. The van der Waals surface area contributed by atoms with E-state index in [1.54, 1.807) is 0 Å². The summed E-state index contributed by atoms with van der Waals surface area (Å²) in [6.45, 7) is 4.48. The van der Waals surface area contributed by atoms with Crippen LogP contribution in [0.2, 0.25) is 0 Å². The highest BCUT2D eigenvalue weighted by molar-refractivity contribution is 8.63. The Morgan fingerprint density at radius 1 is 1.42 bits per heavy atom. The molecule has 0 rings (SSSR count). The van der Waals surface area contributed by atoms with Crippen molar-refractivity contribution in [3.63, 3.8) is 0 Å². The van der Waals surface area contributed by atoms with Crippen LogP contribution in [0.25, 0.3) is 0 Å². The Bertz CT molecular complexity index is 159. The highest BCUT2D eigenvalue weighted by atomic mass is 33.0. The van der Waals surface area contributed by atoms with Crippen LogP contribution in [-0.4, -0.2) is 22.1 Å². The smallest absolute Gasteiger partial charge is 0.305 e. The maximum atomic E-state index is 9.15. The van der Waals surface area contributed by atoms with Crippen molar-refractivity contribution in [1.82, 2.24) is 0 Å². The van der Waals surface area contributed by atoms with Crippen LogP contribution in [0.1, 0.15) is 26.7 Å². The van der Waals surface area contributed by atoms with E-state index in [1.165, 1.54) is 0 Å². The highest BCUT2D eigenvalue weighted by Gasteiger charge is 2.35. The Labute approximate surface area is 81.6 Å². The summed E-state index contributed by atoms with van der Waals surface area (Å²) < 4.78 is 5.27. The van der Waals surface area contributed by atoms with Gasteiger partial charge < -0.3 is 9.79 Å². The normalized spacial score (nSPS) is 14.7. The molecule has 1 unspecified atom stereocenters. The van der Waals surface area contributed by atoms with Gasteiger partial charge in [-0.15, -0.1) is 0 Å². The lowest BCUT2D eigenvalue weighted by Crippen LogP contribution is -2.10. The predicted molar refractivity (Wildman–Crippen MR) is 57.5 cm³/mol. The third-order valence-electron chi connectivity index (χ3n) is 1.23. The monoisotopic (exact) mass is 231 g/mol. The Morgan fingerprint density at radius 2 is 2.00 bits per heavy atom. The first-order valence-electron chi connectivity index (χ1n) is 3.92. The molecule has 3 nitrogen and oxygen atoms in total. The Kier molecular flexibility index (Phi) is 6.82. The number of hydrogen-bond donors (Lipinski definition) is 2. The molecule has 0 amide bonds. The quantitative estimate of drug-likeness (QED) is 0.414. The maximum Gasteiger partial charge on any atom is 0.428 e. The van der Waals surface area contributed by atoms with Crippen LogP contribution in [0.4, 0.5) is 0 Å². The van der Waals surface area contributed by atoms with Crippen molar-refractivity contribution in [2.24, 2.45) is 0 Å². The minimum absolute atomic E-state index is 0.576. The van der Waals surface area contributed by atoms with Crippen molar-refractivity contribution in [3.05, 3.63) is 0 Å². The second kappa shape index (κ2) is 6.35. The van der Waals surface area contributed by atoms with E-state index in [0.29, 0.717) is 12.4 Å². The van der Waals surface area contributed by atoms with Crippen molar-refractivity contribution < 1.29 is 14.0 Å². The minimum Gasteiger partial charge on any atom is -0.305 e. The molecule has 0 saturated carbocycles. The van der Waals surface area contributed by atoms with Crippen molar-refractivity contribution in [2.75, 3.05) is 12.4 Å². The van der Waals surface area contributed by atoms with Crippen molar-refractivity contribution in [2.45, 2.75) is 26.7 Å². The zero-order valence-electron chi connectivity index (χ0n) is 7.39. The third kappa shape index (κ3) is 5.51. The topological polar surface area (TPSA) is 49.7 Å². The van der Waals surface area contributed by atoms with Crippen LogP contribution < -0.4 is 0 Å². The van der Waals surface area contributed by atoms with Gasteiger partial charge in [-0.3, -0.25) is 0 Å². The summed E-state index contributed by atoms with van der Waals surface area (Å²) in [5.41, 5.74) is -3.18. The van der Waals surface area contributed by atoms with Gasteiger partial charge in [-0.2, -0.15) is 4.18 Å². The number of rotatable bonds is 6. The lowest BCUT2D eigenvalue weighted by atomic mass is 10.4. The molecule has 0 spiro atoms. The average Bonchev–Trinajstić information content (AvgIpc) is 1.95. The van der Waals surface area contributed by atoms with E-state index in [-0.39, 0.29) is 0 Å². The Morgan fingerprint density at radius 3 is 2.33 bits per heavy atom. The standard InChI is InChI=1S/C6H15O3PS2/c1-3-5-6-9-12(4-2)10(7,8)11/h3-6H2,1-2H3,(H-,7,8,11)/p+1. The molecule has 0 heterocycles. The van der Waals surface area contributed by atoms with Crippen molar-refractivity contribution in [3.8, 4) is 0 Å². The van der Waals surface area contributed by atoms with Gasteiger partial charge in [0.2, 0.25) is 10.8 Å². The summed E-state index contributed by atoms with van der Waals surface area (Å²) in [7, 11) is -0.813. The zero-order valence-corrected chi connectivity index (χ0v) is 9.92. The molecule has 0 aromatic rings. The molecule has 0 bridgehead atoms. The maximum absolute atomic E-state index is 9.15. The van der Waals surface area contributed by atoms with Gasteiger partial charge in [0.1, 0.15) is 12.4 Å². The molecule has 0 aromatic carbocycles. The van der Waals surface area contributed by atoms with Crippen LogP contribution in [0, 0.1) is 0 Å². The van der Waals surface area contributed by atoms with Gasteiger partial charge in [-0.05, 0) is 13.3 Å². The van der Waals surface area contributed by atoms with Gasteiger partial charge in [0, 0.05) is 11.8 Å². The molecule has 6 heteroatoms. The summed E-state index contributed by atoms with van der Waals surface area (Å²) in [5.74, 6) is 0.591. The van der Waals surface area contributed by atoms with Gasteiger partial charge in [-0.25, -0.2) is 0 Å². The Hall–Kier alpha value is 0.880. The lowest BCUT2D eigenvalue weighted by Gasteiger charge is -2.07. The summed E-state index contributed by atoms with van der Waals surface area (Å²) in [4.78, 5) is 18.3. The Balaban J connectivity index is 3.77. The number of hydrogen-bond acceptors (Lipinski definition) is 2. The molecule has 2 N–H and O–H groups in total. The first-order valence-corrected chi connectivity index (χ1v) is 8.56. The number of unbranched alkanes of at least 4 members (excludes halogenated alkanes) is 1. The van der Waals surface area contributed by atoms with Crippen LogP contribution >= 0.6 is 5.69 Å². The zero-order chi connectivity index (χ0) is 9.61. The van der Waals surface area contributed by atoms with Crippen LogP contribution in [-0.2, 0) is 26.8 Å². The summed E-state index contributed by atoms with van der Waals surface area (Å²) in [5, 5.41) is 0. The van der Waals surface area contributed by atoms with Crippen LogP contribution in [0.15, 0.2) is 0 Å². The molecule has 0 fully saturated rings. The predicted octanol–water partition coefficient (Wildman–Crippen LogP) is 1.57. The highest BCUT2D eigenvalue weighted by Crippen LogP contribution is 2.46. The SMILES string of the molecule is CCCCO[S+](CC)P(O)(O)=S. The minimum atomic E-state index is -3.18.